The van der Waals surface area contributed by atoms with E-state index in [-0.39, 0.29) is 24.8 Å². The standard InChI is InChI=1S/C25H27N3O4/c1-18-22(19(2)32-26-18)16-24(29)27-12-14-28(15-13-27)25(30)17-31-23-11-7-6-10-21(23)20-8-4-3-5-9-20/h3-11H,12-17H2,1-2H3. The molecule has 0 spiro atoms. The van der Waals surface area contributed by atoms with Crippen LogP contribution in [-0.2, 0) is 16.0 Å². The number of carbonyl (C=O) groups is 2. The number of aromatic nitrogens is 1. The van der Waals surface area contributed by atoms with E-state index in [4.69, 9.17) is 9.26 Å². The fraction of sp³-hybridized carbons (Fsp3) is 0.320. The number of nitrogens with zero attached hydrogens (tertiary/aromatic N) is 3. The smallest absolute Gasteiger partial charge is 0.260 e. The van der Waals surface area contributed by atoms with E-state index in [9.17, 15) is 9.59 Å². The van der Waals surface area contributed by atoms with E-state index in [1.807, 2.05) is 68.4 Å². The summed E-state index contributed by atoms with van der Waals surface area (Å²) < 4.78 is 11.0. The molecule has 166 valence electrons. The molecule has 0 radical (unpaired) electrons. The molecule has 2 heterocycles. The molecule has 1 saturated heterocycles. The average molecular weight is 434 g/mol. The van der Waals surface area contributed by atoms with E-state index < -0.39 is 0 Å². The summed E-state index contributed by atoms with van der Waals surface area (Å²) in [6, 6.07) is 17.7. The predicted octanol–water partition coefficient (Wildman–Crippen LogP) is 3.25. The number of rotatable bonds is 6. The Balaban J connectivity index is 1.30. The molecule has 0 atom stereocenters. The molecule has 1 fully saturated rings. The molecule has 0 unspecified atom stereocenters. The van der Waals surface area contributed by atoms with Gasteiger partial charge in [0, 0.05) is 37.3 Å². The number of benzene rings is 2. The molecule has 7 heteroatoms. The van der Waals surface area contributed by atoms with Gasteiger partial charge < -0.3 is 19.1 Å². The molecule has 0 aliphatic carbocycles. The highest BCUT2D eigenvalue weighted by atomic mass is 16.5. The lowest BCUT2D eigenvalue weighted by molar-refractivity contribution is -0.140. The number of carbonyl (C=O) groups excluding carboxylic acids is 2. The summed E-state index contributed by atoms with van der Waals surface area (Å²) in [6.07, 6.45) is 0.272. The van der Waals surface area contributed by atoms with Crippen molar-refractivity contribution < 1.29 is 18.8 Å². The fourth-order valence-electron chi connectivity index (χ4n) is 3.90. The van der Waals surface area contributed by atoms with Crippen LogP contribution < -0.4 is 4.74 Å². The summed E-state index contributed by atoms with van der Waals surface area (Å²) in [7, 11) is 0. The minimum absolute atomic E-state index is 0.0273. The number of piperazine rings is 1. The molecule has 7 nitrogen and oxygen atoms in total. The molecular formula is C25H27N3O4. The largest absolute Gasteiger partial charge is 0.483 e. The van der Waals surface area contributed by atoms with E-state index in [0.717, 1.165) is 22.4 Å². The average Bonchev–Trinajstić information content (AvgIpc) is 3.15. The summed E-state index contributed by atoms with van der Waals surface area (Å²) in [5.74, 6) is 1.31. The Hall–Kier alpha value is -3.61. The van der Waals surface area contributed by atoms with E-state index >= 15 is 0 Å². The highest BCUT2D eigenvalue weighted by Crippen LogP contribution is 2.29. The molecule has 0 saturated carbocycles. The number of para-hydroxylation sites is 1. The first kappa shape index (κ1) is 21.6. The number of ether oxygens (including phenoxy) is 1. The summed E-state index contributed by atoms with van der Waals surface area (Å²) in [5.41, 5.74) is 3.59. The minimum atomic E-state index is -0.0781. The molecule has 1 aliphatic rings. The highest BCUT2D eigenvalue weighted by Gasteiger charge is 2.26. The van der Waals surface area contributed by atoms with Gasteiger partial charge in [-0.15, -0.1) is 0 Å². The van der Waals surface area contributed by atoms with Crippen LogP contribution in [0, 0.1) is 13.8 Å². The van der Waals surface area contributed by atoms with Crippen molar-refractivity contribution in [2.75, 3.05) is 32.8 Å². The SMILES string of the molecule is Cc1noc(C)c1CC(=O)N1CCN(C(=O)COc2ccccc2-c2ccccc2)CC1. The van der Waals surface area contributed by atoms with Crippen molar-refractivity contribution in [3.8, 4) is 16.9 Å². The number of aryl methyl sites for hydroxylation is 2. The first-order chi connectivity index (χ1) is 15.5. The second-order valence-electron chi connectivity index (χ2n) is 7.89. The zero-order chi connectivity index (χ0) is 22.5. The van der Waals surface area contributed by atoms with Crippen LogP contribution in [0.25, 0.3) is 11.1 Å². The normalized spacial score (nSPS) is 13.8. The van der Waals surface area contributed by atoms with Gasteiger partial charge in [0.2, 0.25) is 5.91 Å². The lowest BCUT2D eigenvalue weighted by Crippen LogP contribution is -2.52. The Morgan fingerprint density at radius 1 is 0.906 bits per heavy atom. The summed E-state index contributed by atoms with van der Waals surface area (Å²) >= 11 is 0. The van der Waals surface area contributed by atoms with Gasteiger partial charge in [-0.25, -0.2) is 0 Å². The predicted molar refractivity (Wildman–Crippen MR) is 120 cm³/mol. The van der Waals surface area contributed by atoms with Crippen molar-refractivity contribution in [2.24, 2.45) is 0 Å². The van der Waals surface area contributed by atoms with Crippen molar-refractivity contribution in [1.82, 2.24) is 15.0 Å². The Morgan fingerprint density at radius 2 is 1.53 bits per heavy atom. The zero-order valence-electron chi connectivity index (χ0n) is 18.4. The number of hydrogen-bond acceptors (Lipinski definition) is 5. The third-order valence-corrected chi connectivity index (χ3v) is 5.82. The Morgan fingerprint density at radius 3 is 2.19 bits per heavy atom. The van der Waals surface area contributed by atoms with Gasteiger partial charge >= 0.3 is 0 Å². The maximum Gasteiger partial charge on any atom is 0.260 e. The second kappa shape index (κ2) is 9.68. The highest BCUT2D eigenvalue weighted by molar-refractivity contribution is 5.81. The second-order valence-corrected chi connectivity index (χ2v) is 7.89. The van der Waals surface area contributed by atoms with Gasteiger partial charge in [0.1, 0.15) is 11.5 Å². The lowest BCUT2D eigenvalue weighted by Gasteiger charge is -2.34. The van der Waals surface area contributed by atoms with Crippen molar-refractivity contribution in [3.05, 3.63) is 71.6 Å². The fourth-order valence-corrected chi connectivity index (χ4v) is 3.90. The van der Waals surface area contributed by atoms with Crippen LogP contribution >= 0.6 is 0 Å². The van der Waals surface area contributed by atoms with Crippen molar-refractivity contribution in [2.45, 2.75) is 20.3 Å². The molecule has 2 amide bonds. The first-order valence-electron chi connectivity index (χ1n) is 10.8. The van der Waals surface area contributed by atoms with Crippen LogP contribution in [0.15, 0.2) is 59.1 Å². The topological polar surface area (TPSA) is 75.9 Å². The quantitative estimate of drug-likeness (QED) is 0.597. The van der Waals surface area contributed by atoms with Crippen LogP contribution in [-0.4, -0.2) is 59.6 Å². The van der Waals surface area contributed by atoms with Crippen LogP contribution in [0.3, 0.4) is 0 Å². The molecule has 0 N–H and O–H groups in total. The van der Waals surface area contributed by atoms with Crippen LogP contribution in [0.2, 0.25) is 0 Å². The van der Waals surface area contributed by atoms with Gasteiger partial charge in [0.15, 0.2) is 6.61 Å². The zero-order valence-corrected chi connectivity index (χ0v) is 18.4. The monoisotopic (exact) mass is 433 g/mol. The van der Waals surface area contributed by atoms with Gasteiger partial charge in [-0.3, -0.25) is 9.59 Å². The minimum Gasteiger partial charge on any atom is -0.483 e. The molecule has 2 aromatic carbocycles. The maximum atomic E-state index is 12.7. The Kier molecular flexibility index (Phi) is 6.54. The Bertz CT molecular complexity index is 1070. The van der Waals surface area contributed by atoms with Crippen molar-refractivity contribution >= 4 is 11.8 Å². The van der Waals surface area contributed by atoms with Gasteiger partial charge in [0.05, 0.1) is 12.1 Å². The summed E-state index contributed by atoms with van der Waals surface area (Å²) in [5, 5.41) is 3.91. The third-order valence-electron chi connectivity index (χ3n) is 5.82. The summed E-state index contributed by atoms with van der Waals surface area (Å²) in [6.45, 7) is 5.63. The number of amides is 2. The van der Waals surface area contributed by atoms with Gasteiger partial charge in [0.25, 0.3) is 5.91 Å². The third kappa shape index (κ3) is 4.82. The molecule has 1 aromatic heterocycles. The van der Waals surface area contributed by atoms with E-state index in [1.54, 1.807) is 9.80 Å². The molecule has 4 rings (SSSR count). The molecule has 3 aromatic rings. The lowest BCUT2D eigenvalue weighted by atomic mass is 10.1. The molecule has 1 aliphatic heterocycles. The molecular weight excluding hydrogens is 406 g/mol. The van der Waals surface area contributed by atoms with E-state index in [0.29, 0.717) is 37.7 Å². The van der Waals surface area contributed by atoms with Gasteiger partial charge in [-0.1, -0.05) is 53.7 Å². The van der Waals surface area contributed by atoms with Crippen LogP contribution in [0.1, 0.15) is 17.0 Å². The van der Waals surface area contributed by atoms with Gasteiger partial charge in [-0.05, 0) is 25.5 Å². The Labute approximate surface area is 187 Å². The first-order valence-corrected chi connectivity index (χ1v) is 10.8. The maximum absolute atomic E-state index is 12.7. The van der Waals surface area contributed by atoms with Crippen LogP contribution in [0.4, 0.5) is 0 Å². The molecule has 0 bridgehead atoms. The van der Waals surface area contributed by atoms with Gasteiger partial charge in [-0.2, -0.15) is 0 Å². The summed E-state index contributed by atoms with van der Waals surface area (Å²) in [4.78, 5) is 28.9. The number of hydrogen-bond donors (Lipinski definition) is 0. The van der Waals surface area contributed by atoms with E-state index in [1.165, 1.54) is 0 Å². The van der Waals surface area contributed by atoms with Crippen LogP contribution in [0.5, 0.6) is 5.75 Å². The van der Waals surface area contributed by atoms with Crippen molar-refractivity contribution in [3.63, 3.8) is 0 Å². The molecule has 32 heavy (non-hydrogen) atoms. The van der Waals surface area contributed by atoms with E-state index in [2.05, 4.69) is 5.16 Å². The van der Waals surface area contributed by atoms with Crippen molar-refractivity contribution in [1.29, 1.82) is 0 Å².